The summed E-state index contributed by atoms with van der Waals surface area (Å²) in [5.41, 5.74) is 6.28. The van der Waals surface area contributed by atoms with E-state index in [4.69, 9.17) is 10.3 Å². The minimum Gasteiger partial charge on any atom is -0.380 e. The van der Waals surface area contributed by atoms with Crippen molar-refractivity contribution in [2.24, 2.45) is 0 Å². The van der Waals surface area contributed by atoms with Crippen LogP contribution in [0.4, 0.5) is 10.2 Å². The molecule has 0 unspecified atom stereocenters. The number of hydrogen-bond acceptors (Lipinski definition) is 6. The van der Waals surface area contributed by atoms with Crippen LogP contribution in [0.2, 0.25) is 0 Å². The van der Waals surface area contributed by atoms with Gasteiger partial charge in [0.15, 0.2) is 11.6 Å². The van der Waals surface area contributed by atoms with Gasteiger partial charge in [0.1, 0.15) is 17.6 Å². The highest BCUT2D eigenvalue weighted by Crippen LogP contribution is 2.26. The van der Waals surface area contributed by atoms with Crippen molar-refractivity contribution in [2.75, 3.05) is 5.73 Å². The molecule has 0 aliphatic heterocycles. The second-order valence-electron chi connectivity index (χ2n) is 3.82. The summed E-state index contributed by atoms with van der Waals surface area (Å²) >= 11 is 3.05. The van der Waals surface area contributed by atoms with Gasteiger partial charge in [0, 0.05) is 0 Å². The summed E-state index contributed by atoms with van der Waals surface area (Å²) in [6, 6.07) is 4.03. The molecule has 1 aromatic carbocycles. The lowest BCUT2D eigenvalue weighted by molar-refractivity contribution is 0.383. The van der Waals surface area contributed by atoms with Gasteiger partial charge in [0.25, 0.3) is 0 Å². The molecule has 0 bridgehead atoms. The van der Waals surface area contributed by atoms with Crippen LogP contribution in [0.1, 0.15) is 0 Å². The van der Waals surface area contributed by atoms with E-state index in [1.54, 1.807) is 0 Å². The van der Waals surface area contributed by atoms with Gasteiger partial charge in [0.2, 0.25) is 0 Å². The largest absolute Gasteiger partial charge is 0.446 e. The Morgan fingerprint density at radius 1 is 1.35 bits per heavy atom. The Morgan fingerprint density at radius 3 is 2.80 bits per heavy atom. The molecule has 0 fully saturated rings. The van der Waals surface area contributed by atoms with Crippen LogP contribution in [0.25, 0.3) is 17.1 Å². The van der Waals surface area contributed by atoms with Crippen LogP contribution in [0, 0.1) is 5.82 Å². The third-order valence-corrected chi connectivity index (χ3v) is 3.21. The van der Waals surface area contributed by atoms with Gasteiger partial charge in [-0.05, 0) is 34.1 Å². The molecule has 3 aromatic rings. The molecule has 9 heteroatoms. The zero-order valence-corrected chi connectivity index (χ0v) is 11.3. The number of benzene rings is 1. The van der Waals surface area contributed by atoms with Gasteiger partial charge in [-0.3, -0.25) is 4.52 Å². The first-order valence-electron chi connectivity index (χ1n) is 5.32. The monoisotopic (exact) mass is 340 g/mol. The van der Waals surface area contributed by atoms with Crippen molar-refractivity contribution in [3.63, 3.8) is 0 Å². The predicted octanol–water partition coefficient (Wildman–Crippen LogP) is 1.96. The fourth-order valence-corrected chi connectivity index (χ4v) is 2.05. The lowest BCUT2D eigenvalue weighted by Crippen LogP contribution is -2.13. The van der Waals surface area contributed by atoms with Gasteiger partial charge >= 0.3 is 5.76 Å². The summed E-state index contributed by atoms with van der Waals surface area (Å²) in [5.74, 6) is -1.01. The molecule has 2 N–H and O–H groups in total. The zero-order chi connectivity index (χ0) is 14.3. The first-order valence-corrected chi connectivity index (χ1v) is 6.11. The van der Waals surface area contributed by atoms with E-state index in [0.717, 1.165) is 4.57 Å². The van der Waals surface area contributed by atoms with E-state index in [-0.39, 0.29) is 16.1 Å². The van der Waals surface area contributed by atoms with Gasteiger partial charge in [-0.1, -0.05) is 10.3 Å². The van der Waals surface area contributed by atoms with Crippen molar-refractivity contribution >= 4 is 21.7 Å². The maximum Gasteiger partial charge on any atom is 0.446 e. The van der Waals surface area contributed by atoms with Crippen LogP contribution in [0.5, 0.6) is 0 Å². The molecule has 2 heterocycles. The highest BCUT2D eigenvalue weighted by molar-refractivity contribution is 9.10. The van der Waals surface area contributed by atoms with E-state index in [2.05, 4.69) is 30.8 Å². The fourth-order valence-electron chi connectivity index (χ4n) is 1.68. The molecular formula is C11H6BrFN4O3. The highest BCUT2D eigenvalue weighted by atomic mass is 79.9. The van der Waals surface area contributed by atoms with E-state index >= 15 is 0 Å². The molecule has 0 radical (unpaired) electrons. The molecule has 0 amide bonds. The molecular weight excluding hydrogens is 335 g/mol. The Hall–Kier alpha value is -2.42. The maximum absolute atomic E-state index is 13.3. The van der Waals surface area contributed by atoms with E-state index in [0.29, 0.717) is 11.3 Å². The minimum absolute atomic E-state index is 0.0632. The molecule has 0 atom stereocenters. The Kier molecular flexibility index (Phi) is 2.90. The predicted molar refractivity (Wildman–Crippen MR) is 69.7 cm³/mol. The second-order valence-corrected chi connectivity index (χ2v) is 4.67. The molecule has 3 rings (SSSR count). The summed E-state index contributed by atoms with van der Waals surface area (Å²) in [6.45, 7) is 0. The van der Waals surface area contributed by atoms with Crippen molar-refractivity contribution in [2.45, 2.75) is 0 Å². The number of hydrogen-bond donors (Lipinski definition) is 1. The van der Waals surface area contributed by atoms with Crippen molar-refractivity contribution in [3.8, 4) is 17.1 Å². The second kappa shape index (κ2) is 4.60. The summed E-state index contributed by atoms with van der Waals surface area (Å²) in [7, 11) is 0. The Bertz CT molecular complexity index is 838. The van der Waals surface area contributed by atoms with Crippen LogP contribution in [-0.2, 0) is 0 Å². The smallest absolute Gasteiger partial charge is 0.380 e. The van der Waals surface area contributed by atoms with Crippen LogP contribution < -0.4 is 11.5 Å². The average Bonchev–Trinajstić information content (AvgIpc) is 2.99. The average molecular weight is 341 g/mol. The number of rotatable bonds is 2. The molecule has 0 aliphatic carbocycles. The number of nitrogen functional groups attached to an aromatic ring is 1. The third kappa shape index (κ3) is 1.92. The van der Waals surface area contributed by atoms with E-state index in [1.807, 2.05) is 0 Å². The fraction of sp³-hybridized carbons (Fsp3) is 0. The van der Waals surface area contributed by atoms with Crippen LogP contribution in [-0.4, -0.2) is 14.9 Å². The quantitative estimate of drug-likeness (QED) is 0.765. The van der Waals surface area contributed by atoms with Crippen LogP contribution >= 0.6 is 15.9 Å². The van der Waals surface area contributed by atoms with Crippen molar-refractivity contribution < 1.29 is 13.4 Å². The zero-order valence-electron chi connectivity index (χ0n) is 9.71. The first-order chi connectivity index (χ1) is 9.58. The highest BCUT2D eigenvalue weighted by Gasteiger charge is 2.19. The number of halogens is 2. The normalized spacial score (nSPS) is 10.9. The van der Waals surface area contributed by atoms with Crippen LogP contribution in [0.15, 0.2) is 42.8 Å². The van der Waals surface area contributed by atoms with E-state index in [1.165, 1.54) is 24.5 Å². The van der Waals surface area contributed by atoms with Crippen molar-refractivity contribution in [1.29, 1.82) is 0 Å². The Labute approximate surface area is 118 Å². The number of anilines is 1. The molecule has 7 nitrogen and oxygen atoms in total. The lowest BCUT2D eigenvalue weighted by atomic mass is 10.2. The van der Waals surface area contributed by atoms with Crippen LogP contribution in [0.3, 0.4) is 0 Å². The van der Waals surface area contributed by atoms with Gasteiger partial charge in [0.05, 0.1) is 10.2 Å². The molecule has 0 saturated heterocycles. The lowest BCUT2D eigenvalue weighted by Gasteiger charge is -2.04. The molecule has 0 aliphatic rings. The van der Waals surface area contributed by atoms with Gasteiger partial charge in [-0.2, -0.15) is 0 Å². The van der Waals surface area contributed by atoms with E-state index < -0.39 is 11.6 Å². The standard InChI is InChI=1S/C11H6BrFN4O3/c12-7-3-5(1-2-8(7)13)17-10(16-20-11(17)18)6-4-19-15-9(6)14/h1-4H,(H2,14,15). The van der Waals surface area contributed by atoms with Gasteiger partial charge < -0.3 is 10.3 Å². The maximum atomic E-state index is 13.3. The SMILES string of the molecule is Nc1nocc1-c1noc(=O)n1-c1ccc(F)c(Br)c1. The molecule has 102 valence electrons. The number of nitrogens with two attached hydrogens (primary N) is 1. The summed E-state index contributed by atoms with van der Waals surface area (Å²) in [5, 5.41) is 7.14. The summed E-state index contributed by atoms with van der Waals surface area (Å²) in [4.78, 5) is 11.8. The molecule has 0 spiro atoms. The minimum atomic E-state index is -0.737. The number of nitrogens with zero attached hydrogens (tertiary/aromatic N) is 3. The van der Waals surface area contributed by atoms with Gasteiger partial charge in [-0.25, -0.2) is 13.8 Å². The number of aromatic nitrogens is 3. The van der Waals surface area contributed by atoms with Crippen molar-refractivity contribution in [3.05, 3.63) is 45.3 Å². The molecule has 20 heavy (non-hydrogen) atoms. The Balaban J connectivity index is 2.24. The topological polar surface area (TPSA) is 100 Å². The summed E-state index contributed by atoms with van der Waals surface area (Å²) in [6.07, 6.45) is 1.24. The first kappa shape index (κ1) is 12.6. The van der Waals surface area contributed by atoms with E-state index in [9.17, 15) is 9.18 Å². The Morgan fingerprint density at radius 2 is 2.15 bits per heavy atom. The van der Waals surface area contributed by atoms with Crippen molar-refractivity contribution in [1.82, 2.24) is 14.9 Å². The summed E-state index contributed by atoms with van der Waals surface area (Å²) < 4.78 is 23.9. The van der Waals surface area contributed by atoms with Gasteiger partial charge in [-0.15, -0.1) is 0 Å². The third-order valence-electron chi connectivity index (χ3n) is 2.60. The molecule has 2 aromatic heterocycles. The molecule has 0 saturated carbocycles.